The van der Waals surface area contributed by atoms with Gasteiger partial charge in [0.2, 0.25) is 5.91 Å². The van der Waals surface area contributed by atoms with E-state index in [0.29, 0.717) is 34.5 Å². The summed E-state index contributed by atoms with van der Waals surface area (Å²) < 4.78 is 0. The van der Waals surface area contributed by atoms with Crippen molar-refractivity contribution in [1.82, 2.24) is 4.90 Å². The lowest BCUT2D eigenvalue weighted by Gasteiger charge is -2.28. The fourth-order valence-electron chi connectivity index (χ4n) is 3.52. The molecule has 1 N–H and O–H groups in total. The van der Waals surface area contributed by atoms with Gasteiger partial charge in [-0.2, -0.15) is 5.26 Å². The quantitative estimate of drug-likeness (QED) is 0.763. The molecule has 0 saturated carbocycles. The van der Waals surface area contributed by atoms with Gasteiger partial charge >= 0.3 is 0 Å². The van der Waals surface area contributed by atoms with E-state index < -0.39 is 6.04 Å². The third kappa shape index (κ3) is 4.77. The number of carbonyl (C=O) groups excluding carboxylic acids is 2. The minimum absolute atomic E-state index is 0.140. The van der Waals surface area contributed by atoms with E-state index in [9.17, 15) is 9.59 Å². The molecule has 0 aromatic heterocycles. The Hall–Kier alpha value is -2.98. The summed E-state index contributed by atoms with van der Waals surface area (Å²) in [6, 6.07) is 16.2. The van der Waals surface area contributed by atoms with Crippen LogP contribution in [0.1, 0.15) is 36.7 Å². The van der Waals surface area contributed by atoms with Crippen LogP contribution in [0.4, 0.5) is 11.4 Å². The molecule has 2 amide bonds. The first-order valence-corrected chi connectivity index (χ1v) is 11.2. The molecular formula is C23H26N4O2S. The van der Waals surface area contributed by atoms with Gasteiger partial charge in [-0.15, -0.1) is 11.8 Å². The summed E-state index contributed by atoms with van der Waals surface area (Å²) in [5.74, 6) is 0.688. The molecule has 1 heterocycles. The summed E-state index contributed by atoms with van der Waals surface area (Å²) in [5, 5.41) is 11.7. The van der Waals surface area contributed by atoms with E-state index in [2.05, 4.69) is 37.1 Å². The van der Waals surface area contributed by atoms with E-state index in [4.69, 9.17) is 5.26 Å². The predicted octanol–water partition coefficient (Wildman–Crippen LogP) is 3.95. The van der Waals surface area contributed by atoms with Crippen LogP contribution in [0.5, 0.6) is 0 Å². The smallest absolute Gasteiger partial charge is 0.255 e. The van der Waals surface area contributed by atoms with Crippen molar-refractivity contribution in [1.29, 1.82) is 5.26 Å². The van der Waals surface area contributed by atoms with Gasteiger partial charge in [0.15, 0.2) is 0 Å². The molecule has 2 aromatic rings. The minimum atomic E-state index is -0.527. The summed E-state index contributed by atoms with van der Waals surface area (Å²) in [4.78, 5) is 29.7. The fraction of sp³-hybridized carbons (Fsp3) is 0.348. The molecule has 0 spiro atoms. The first kappa shape index (κ1) is 21.7. The first-order chi connectivity index (χ1) is 14.4. The maximum atomic E-state index is 13.1. The van der Waals surface area contributed by atoms with Crippen LogP contribution in [-0.2, 0) is 4.79 Å². The average Bonchev–Trinajstić information content (AvgIpc) is 3.24. The van der Waals surface area contributed by atoms with Gasteiger partial charge in [0.25, 0.3) is 5.91 Å². The number of nitrogens with one attached hydrogen (secondary N) is 1. The Morgan fingerprint density at radius 2 is 1.87 bits per heavy atom. The van der Waals surface area contributed by atoms with Gasteiger partial charge in [0.1, 0.15) is 6.04 Å². The van der Waals surface area contributed by atoms with Crippen LogP contribution >= 0.6 is 11.8 Å². The van der Waals surface area contributed by atoms with E-state index in [1.54, 1.807) is 40.9 Å². The Morgan fingerprint density at radius 3 is 2.43 bits per heavy atom. The number of nitriles is 1. The lowest BCUT2D eigenvalue weighted by atomic mass is 10.1. The number of anilines is 2. The molecular weight excluding hydrogens is 396 g/mol. The minimum Gasteiger partial charge on any atom is -0.369 e. The van der Waals surface area contributed by atoms with Crippen LogP contribution in [0.3, 0.4) is 0 Å². The molecule has 1 aliphatic rings. The highest BCUT2D eigenvalue weighted by atomic mass is 32.2. The largest absolute Gasteiger partial charge is 0.369 e. The zero-order valence-corrected chi connectivity index (χ0v) is 18.3. The standard InChI is InChI=1S/C23H26N4O2S/c1-4-26(16(2)3)20-11-7-18(8-12-20)23(29)27-15-30-14-21(27)22(28)25-19-9-5-17(13-24)6-10-19/h5-12,16,21H,4,14-15H2,1-3H3,(H,25,28). The van der Waals surface area contributed by atoms with Crippen molar-refractivity contribution in [3.05, 3.63) is 59.7 Å². The third-order valence-electron chi connectivity index (χ3n) is 5.14. The van der Waals surface area contributed by atoms with Gasteiger partial charge in [-0.1, -0.05) is 0 Å². The topological polar surface area (TPSA) is 76.4 Å². The van der Waals surface area contributed by atoms with E-state index >= 15 is 0 Å². The second-order valence-electron chi connectivity index (χ2n) is 7.40. The van der Waals surface area contributed by atoms with Crippen LogP contribution in [-0.4, -0.2) is 47.0 Å². The van der Waals surface area contributed by atoms with Crippen molar-refractivity contribution >= 4 is 35.0 Å². The molecule has 2 aromatic carbocycles. The van der Waals surface area contributed by atoms with Crippen LogP contribution in [0, 0.1) is 11.3 Å². The summed E-state index contributed by atoms with van der Waals surface area (Å²) in [6.45, 7) is 7.28. The number of hydrogen-bond acceptors (Lipinski definition) is 5. The zero-order valence-electron chi connectivity index (χ0n) is 17.5. The second-order valence-corrected chi connectivity index (χ2v) is 8.40. The van der Waals surface area contributed by atoms with Gasteiger partial charge in [-0.3, -0.25) is 9.59 Å². The Labute approximate surface area is 181 Å². The average molecular weight is 423 g/mol. The molecule has 30 heavy (non-hydrogen) atoms. The molecule has 1 saturated heterocycles. The summed E-state index contributed by atoms with van der Waals surface area (Å²) in [7, 11) is 0. The highest BCUT2D eigenvalue weighted by molar-refractivity contribution is 7.99. The van der Waals surface area contributed by atoms with Crippen molar-refractivity contribution < 1.29 is 9.59 Å². The normalized spacial score (nSPS) is 15.7. The van der Waals surface area contributed by atoms with Crippen LogP contribution in [0.25, 0.3) is 0 Å². The molecule has 0 bridgehead atoms. The molecule has 0 aliphatic carbocycles. The Morgan fingerprint density at radius 1 is 1.20 bits per heavy atom. The summed E-state index contributed by atoms with van der Waals surface area (Å²) in [5.41, 5.74) is 2.80. The van der Waals surface area contributed by atoms with Crippen molar-refractivity contribution in [3.8, 4) is 6.07 Å². The van der Waals surface area contributed by atoms with Crippen LogP contribution < -0.4 is 10.2 Å². The summed E-state index contributed by atoms with van der Waals surface area (Å²) >= 11 is 1.57. The van der Waals surface area contributed by atoms with Crippen molar-refractivity contribution in [3.63, 3.8) is 0 Å². The van der Waals surface area contributed by atoms with E-state index in [0.717, 1.165) is 12.2 Å². The number of benzene rings is 2. The zero-order chi connectivity index (χ0) is 21.7. The lowest BCUT2D eigenvalue weighted by molar-refractivity contribution is -0.119. The highest BCUT2D eigenvalue weighted by Gasteiger charge is 2.35. The van der Waals surface area contributed by atoms with Crippen molar-refractivity contribution in [2.24, 2.45) is 0 Å². The summed E-state index contributed by atoms with van der Waals surface area (Å²) in [6.07, 6.45) is 0. The molecule has 1 unspecified atom stereocenters. The second kappa shape index (κ2) is 9.68. The van der Waals surface area contributed by atoms with Crippen molar-refractivity contribution in [2.75, 3.05) is 28.4 Å². The number of nitrogens with zero attached hydrogens (tertiary/aromatic N) is 3. The Bertz CT molecular complexity index is 935. The number of rotatable bonds is 6. The Balaban J connectivity index is 1.70. The third-order valence-corrected chi connectivity index (χ3v) is 6.15. The Kier molecular flexibility index (Phi) is 7.01. The lowest BCUT2D eigenvalue weighted by Crippen LogP contribution is -2.44. The first-order valence-electron chi connectivity index (χ1n) is 10.0. The van der Waals surface area contributed by atoms with Crippen LogP contribution in [0.15, 0.2) is 48.5 Å². The molecule has 156 valence electrons. The fourth-order valence-corrected chi connectivity index (χ4v) is 4.67. The maximum absolute atomic E-state index is 13.1. The molecule has 0 radical (unpaired) electrons. The number of amides is 2. The van der Waals surface area contributed by atoms with Gasteiger partial charge in [-0.25, -0.2) is 0 Å². The number of thioether (sulfide) groups is 1. The number of carbonyl (C=O) groups is 2. The monoisotopic (exact) mass is 422 g/mol. The number of hydrogen-bond donors (Lipinski definition) is 1. The van der Waals surface area contributed by atoms with Crippen LogP contribution in [0.2, 0.25) is 0 Å². The van der Waals surface area contributed by atoms with Gasteiger partial charge in [0.05, 0.1) is 17.5 Å². The highest BCUT2D eigenvalue weighted by Crippen LogP contribution is 2.26. The molecule has 1 atom stereocenters. The van der Waals surface area contributed by atoms with Gasteiger partial charge in [-0.05, 0) is 69.3 Å². The van der Waals surface area contributed by atoms with E-state index in [1.807, 2.05) is 24.3 Å². The van der Waals surface area contributed by atoms with Crippen molar-refractivity contribution in [2.45, 2.75) is 32.9 Å². The molecule has 7 heteroatoms. The van der Waals surface area contributed by atoms with Gasteiger partial charge < -0.3 is 15.1 Å². The van der Waals surface area contributed by atoms with Gasteiger partial charge in [0, 0.05) is 35.3 Å². The molecule has 1 fully saturated rings. The molecule has 1 aliphatic heterocycles. The molecule has 6 nitrogen and oxygen atoms in total. The maximum Gasteiger partial charge on any atom is 0.255 e. The molecule has 3 rings (SSSR count). The SMILES string of the molecule is CCN(c1ccc(C(=O)N2CSCC2C(=O)Nc2ccc(C#N)cc2)cc1)C(C)C. The predicted molar refractivity (Wildman–Crippen MR) is 122 cm³/mol. The van der Waals surface area contributed by atoms with E-state index in [1.165, 1.54) is 0 Å². The van der Waals surface area contributed by atoms with E-state index in [-0.39, 0.29) is 11.8 Å².